The van der Waals surface area contributed by atoms with Crippen LogP contribution in [0.5, 0.6) is 0 Å². The molecule has 2 nitrogen and oxygen atoms in total. The van der Waals surface area contributed by atoms with Crippen LogP contribution in [0.2, 0.25) is 0 Å². The molecule has 0 aliphatic heterocycles. The Bertz CT molecular complexity index is 345. The zero-order valence-corrected chi connectivity index (χ0v) is 9.14. The highest BCUT2D eigenvalue weighted by molar-refractivity contribution is 7.12. The van der Waals surface area contributed by atoms with Crippen LogP contribution in [-0.2, 0) is 0 Å². The van der Waals surface area contributed by atoms with E-state index in [2.05, 4.69) is 0 Å². The molecule has 1 fully saturated rings. The molecule has 0 bridgehead atoms. The number of ketones is 1. The molecule has 2 atom stereocenters. The van der Waals surface area contributed by atoms with Gasteiger partial charge in [0.25, 0.3) is 0 Å². The fraction of sp³-hybridized carbons (Fsp3) is 0.545. The quantitative estimate of drug-likeness (QED) is 0.760. The minimum absolute atomic E-state index is 0.183. The third-order valence-electron chi connectivity index (χ3n) is 2.93. The number of hydrogen-bond donors (Lipinski definition) is 1. The van der Waals surface area contributed by atoms with Crippen LogP contribution < -0.4 is 5.73 Å². The van der Waals surface area contributed by atoms with Crippen molar-refractivity contribution in [3.05, 3.63) is 21.9 Å². The van der Waals surface area contributed by atoms with E-state index in [1.807, 2.05) is 18.4 Å². The molecule has 0 amide bonds. The summed E-state index contributed by atoms with van der Waals surface area (Å²) in [5.41, 5.74) is 6.92. The van der Waals surface area contributed by atoms with Crippen LogP contribution in [0.4, 0.5) is 0 Å². The largest absolute Gasteiger partial charge is 0.328 e. The van der Waals surface area contributed by atoms with Gasteiger partial charge < -0.3 is 5.73 Å². The lowest BCUT2D eigenvalue weighted by Crippen LogP contribution is -2.17. The van der Waals surface area contributed by atoms with Crippen LogP contribution >= 0.6 is 11.3 Å². The van der Waals surface area contributed by atoms with Crippen molar-refractivity contribution in [1.29, 1.82) is 0 Å². The summed E-state index contributed by atoms with van der Waals surface area (Å²) in [6.07, 6.45) is 2.84. The minimum Gasteiger partial charge on any atom is -0.328 e. The number of nitrogens with two attached hydrogens (primary N) is 1. The van der Waals surface area contributed by atoms with Crippen LogP contribution in [0.1, 0.15) is 34.5 Å². The number of carbonyl (C=O) groups excluding carboxylic acids is 1. The third-order valence-corrected chi connectivity index (χ3v) is 3.96. The SMILES string of the molecule is Cc1ccsc1C(=O)C1CCC(N)C1. The van der Waals surface area contributed by atoms with Gasteiger partial charge in [0.2, 0.25) is 0 Å². The number of hydrogen-bond acceptors (Lipinski definition) is 3. The first kappa shape index (κ1) is 9.87. The summed E-state index contributed by atoms with van der Waals surface area (Å²) in [7, 11) is 0. The average molecular weight is 209 g/mol. The molecule has 2 rings (SSSR count). The van der Waals surface area contributed by atoms with Gasteiger partial charge in [-0.15, -0.1) is 11.3 Å². The van der Waals surface area contributed by atoms with E-state index in [4.69, 9.17) is 5.73 Å². The lowest BCUT2D eigenvalue weighted by Gasteiger charge is -2.07. The molecule has 0 saturated heterocycles. The van der Waals surface area contributed by atoms with E-state index in [0.717, 1.165) is 29.7 Å². The van der Waals surface area contributed by atoms with Crippen molar-refractivity contribution in [2.75, 3.05) is 0 Å². The molecule has 1 heterocycles. The number of rotatable bonds is 2. The maximum absolute atomic E-state index is 12.0. The highest BCUT2D eigenvalue weighted by Gasteiger charge is 2.29. The van der Waals surface area contributed by atoms with Crippen molar-refractivity contribution in [2.24, 2.45) is 11.7 Å². The standard InChI is InChI=1S/C11H15NOS/c1-7-4-5-14-11(7)10(13)8-2-3-9(12)6-8/h4-5,8-9H,2-3,6,12H2,1H3. The monoisotopic (exact) mass is 209 g/mol. The molecule has 0 aromatic carbocycles. The Hall–Kier alpha value is -0.670. The second-order valence-corrected chi connectivity index (χ2v) is 4.98. The molecule has 1 saturated carbocycles. The van der Waals surface area contributed by atoms with Crippen LogP contribution in [-0.4, -0.2) is 11.8 Å². The minimum atomic E-state index is 0.183. The molecule has 14 heavy (non-hydrogen) atoms. The zero-order valence-electron chi connectivity index (χ0n) is 8.32. The van der Waals surface area contributed by atoms with E-state index >= 15 is 0 Å². The van der Waals surface area contributed by atoms with Crippen LogP contribution in [0.25, 0.3) is 0 Å². The zero-order chi connectivity index (χ0) is 10.1. The molecule has 1 aromatic rings. The lowest BCUT2D eigenvalue weighted by atomic mass is 9.99. The number of Topliss-reactive ketones (excluding diaryl/α,β-unsaturated/α-hetero) is 1. The van der Waals surface area contributed by atoms with Crippen molar-refractivity contribution in [2.45, 2.75) is 32.2 Å². The van der Waals surface area contributed by atoms with Gasteiger partial charge in [0.15, 0.2) is 5.78 Å². The summed E-state index contributed by atoms with van der Waals surface area (Å²) < 4.78 is 0. The first-order valence-corrected chi connectivity index (χ1v) is 5.90. The Labute approximate surface area is 88.1 Å². The number of carbonyl (C=O) groups is 1. The molecule has 1 aromatic heterocycles. The summed E-state index contributed by atoms with van der Waals surface area (Å²) in [5, 5.41) is 1.98. The smallest absolute Gasteiger partial charge is 0.176 e. The molecule has 3 heteroatoms. The van der Waals surface area contributed by atoms with Gasteiger partial charge in [-0.25, -0.2) is 0 Å². The normalized spacial score (nSPS) is 26.7. The average Bonchev–Trinajstić information content (AvgIpc) is 2.73. The predicted octanol–water partition coefficient (Wildman–Crippen LogP) is 2.37. The maximum atomic E-state index is 12.0. The first-order chi connectivity index (χ1) is 6.68. The van der Waals surface area contributed by atoms with E-state index < -0.39 is 0 Å². The molecule has 76 valence electrons. The lowest BCUT2D eigenvalue weighted by molar-refractivity contribution is 0.0925. The summed E-state index contributed by atoms with van der Waals surface area (Å²) in [6, 6.07) is 2.25. The molecule has 2 unspecified atom stereocenters. The van der Waals surface area contributed by atoms with Gasteiger partial charge in [-0.1, -0.05) is 0 Å². The summed E-state index contributed by atoms with van der Waals surface area (Å²) in [4.78, 5) is 13.0. The van der Waals surface area contributed by atoms with Gasteiger partial charge in [-0.3, -0.25) is 4.79 Å². The summed E-state index contributed by atoms with van der Waals surface area (Å²) in [5.74, 6) is 0.493. The predicted molar refractivity (Wildman–Crippen MR) is 58.7 cm³/mol. The molecule has 0 spiro atoms. The Kier molecular flexibility index (Phi) is 2.70. The Morgan fingerprint density at radius 3 is 2.86 bits per heavy atom. The Morgan fingerprint density at radius 1 is 1.57 bits per heavy atom. The fourth-order valence-corrected chi connectivity index (χ4v) is 3.01. The summed E-state index contributed by atoms with van der Waals surface area (Å²) in [6.45, 7) is 2.00. The van der Waals surface area contributed by atoms with Gasteiger partial charge >= 0.3 is 0 Å². The van der Waals surface area contributed by atoms with Crippen molar-refractivity contribution < 1.29 is 4.79 Å². The highest BCUT2D eigenvalue weighted by atomic mass is 32.1. The molecule has 1 aliphatic carbocycles. The van der Waals surface area contributed by atoms with Crippen molar-refractivity contribution in [1.82, 2.24) is 0 Å². The highest BCUT2D eigenvalue weighted by Crippen LogP contribution is 2.30. The molecule has 0 radical (unpaired) electrons. The van der Waals surface area contributed by atoms with Gasteiger partial charge in [0, 0.05) is 12.0 Å². The number of aryl methyl sites for hydroxylation is 1. The third kappa shape index (κ3) is 1.74. The van der Waals surface area contributed by atoms with E-state index in [1.165, 1.54) is 0 Å². The second-order valence-electron chi connectivity index (χ2n) is 4.07. The number of thiophene rings is 1. The van der Waals surface area contributed by atoms with Gasteiger partial charge in [-0.05, 0) is 43.2 Å². The molecular formula is C11H15NOS. The van der Waals surface area contributed by atoms with Crippen molar-refractivity contribution in [3.63, 3.8) is 0 Å². The van der Waals surface area contributed by atoms with Gasteiger partial charge in [0.05, 0.1) is 4.88 Å². The van der Waals surface area contributed by atoms with Crippen LogP contribution in [0.15, 0.2) is 11.4 Å². The topological polar surface area (TPSA) is 43.1 Å². The van der Waals surface area contributed by atoms with E-state index in [-0.39, 0.29) is 12.0 Å². The van der Waals surface area contributed by atoms with E-state index in [1.54, 1.807) is 11.3 Å². The molecular weight excluding hydrogens is 194 g/mol. The fourth-order valence-electron chi connectivity index (χ4n) is 2.07. The van der Waals surface area contributed by atoms with E-state index in [0.29, 0.717) is 5.78 Å². The maximum Gasteiger partial charge on any atom is 0.176 e. The van der Waals surface area contributed by atoms with E-state index in [9.17, 15) is 4.79 Å². The van der Waals surface area contributed by atoms with Crippen LogP contribution in [0.3, 0.4) is 0 Å². The van der Waals surface area contributed by atoms with Gasteiger partial charge in [-0.2, -0.15) is 0 Å². The first-order valence-electron chi connectivity index (χ1n) is 5.02. The van der Waals surface area contributed by atoms with Crippen molar-refractivity contribution >= 4 is 17.1 Å². The Balaban J connectivity index is 2.13. The van der Waals surface area contributed by atoms with Crippen LogP contribution in [0, 0.1) is 12.8 Å². The molecule has 1 aliphatic rings. The van der Waals surface area contributed by atoms with Crippen molar-refractivity contribution in [3.8, 4) is 0 Å². The summed E-state index contributed by atoms with van der Waals surface area (Å²) >= 11 is 1.56. The van der Waals surface area contributed by atoms with Gasteiger partial charge in [0.1, 0.15) is 0 Å². The Morgan fingerprint density at radius 2 is 2.36 bits per heavy atom. The second kappa shape index (κ2) is 3.83. The molecule has 2 N–H and O–H groups in total.